The molecule has 2 rings (SSSR count). The third-order valence-corrected chi connectivity index (χ3v) is 3.76. The number of piperidine rings is 1. The molecule has 1 heterocycles. The molecule has 1 amide bonds. The van der Waals surface area contributed by atoms with Crippen molar-refractivity contribution in [1.29, 1.82) is 0 Å². The highest BCUT2D eigenvalue weighted by atomic mass is 19.1. The molecule has 3 nitrogen and oxygen atoms in total. The van der Waals surface area contributed by atoms with Crippen LogP contribution in [0.2, 0.25) is 0 Å². The summed E-state index contributed by atoms with van der Waals surface area (Å²) in [6, 6.07) is 6.75. The first-order valence-corrected chi connectivity index (χ1v) is 6.86. The van der Waals surface area contributed by atoms with Gasteiger partial charge in [-0.15, -0.1) is 0 Å². The molecule has 0 bridgehead atoms. The summed E-state index contributed by atoms with van der Waals surface area (Å²) in [5, 5.41) is 6.21. The van der Waals surface area contributed by atoms with E-state index < -0.39 is 0 Å². The zero-order chi connectivity index (χ0) is 13.8. The third kappa shape index (κ3) is 3.53. The number of hydrogen-bond acceptors (Lipinski definition) is 2. The largest absolute Gasteiger partial charge is 0.349 e. The smallest absolute Gasteiger partial charge is 0.224 e. The van der Waals surface area contributed by atoms with Crippen LogP contribution in [0.3, 0.4) is 0 Å². The van der Waals surface area contributed by atoms with Gasteiger partial charge in [-0.3, -0.25) is 4.79 Å². The van der Waals surface area contributed by atoms with Gasteiger partial charge in [0.2, 0.25) is 5.91 Å². The van der Waals surface area contributed by atoms with Crippen LogP contribution in [0.4, 0.5) is 4.39 Å². The predicted octanol–water partition coefficient (Wildman–Crippen LogP) is 2.39. The molecule has 19 heavy (non-hydrogen) atoms. The highest BCUT2D eigenvalue weighted by Crippen LogP contribution is 2.19. The van der Waals surface area contributed by atoms with Gasteiger partial charge in [-0.1, -0.05) is 18.2 Å². The summed E-state index contributed by atoms with van der Waals surface area (Å²) in [4.78, 5) is 12.1. The highest BCUT2D eigenvalue weighted by molar-refractivity contribution is 5.79. The van der Waals surface area contributed by atoms with Crippen LogP contribution in [0.1, 0.15) is 38.3 Å². The van der Waals surface area contributed by atoms with Crippen molar-refractivity contribution in [1.82, 2.24) is 10.6 Å². The number of rotatable bonds is 3. The lowest BCUT2D eigenvalue weighted by Gasteiger charge is -2.28. The van der Waals surface area contributed by atoms with Crippen molar-refractivity contribution in [3.63, 3.8) is 0 Å². The number of amides is 1. The SMILES string of the molecule is CC1CCC(C(=O)NC(C)c2ccccc2F)CN1. The van der Waals surface area contributed by atoms with Crippen molar-refractivity contribution in [2.75, 3.05) is 6.54 Å². The van der Waals surface area contributed by atoms with Crippen LogP contribution in [-0.2, 0) is 4.79 Å². The lowest BCUT2D eigenvalue weighted by atomic mass is 9.94. The molecule has 0 aromatic heterocycles. The summed E-state index contributed by atoms with van der Waals surface area (Å²) >= 11 is 0. The van der Waals surface area contributed by atoms with Gasteiger partial charge in [0.05, 0.1) is 12.0 Å². The fourth-order valence-electron chi connectivity index (χ4n) is 2.46. The molecule has 0 aliphatic carbocycles. The molecule has 4 heteroatoms. The van der Waals surface area contributed by atoms with E-state index in [1.807, 2.05) is 6.92 Å². The van der Waals surface area contributed by atoms with E-state index >= 15 is 0 Å². The molecular weight excluding hydrogens is 243 g/mol. The van der Waals surface area contributed by atoms with Crippen LogP contribution in [0.25, 0.3) is 0 Å². The third-order valence-electron chi connectivity index (χ3n) is 3.76. The Labute approximate surface area is 113 Å². The Hall–Kier alpha value is -1.42. The second-order valence-electron chi connectivity index (χ2n) is 5.34. The van der Waals surface area contributed by atoms with E-state index in [1.165, 1.54) is 6.07 Å². The summed E-state index contributed by atoms with van der Waals surface area (Å²) in [5.74, 6) is -0.272. The second kappa shape index (κ2) is 6.15. The van der Waals surface area contributed by atoms with E-state index in [0.717, 1.165) is 12.8 Å². The monoisotopic (exact) mass is 264 g/mol. The van der Waals surface area contributed by atoms with Crippen molar-refractivity contribution in [2.45, 2.75) is 38.8 Å². The second-order valence-corrected chi connectivity index (χ2v) is 5.34. The average molecular weight is 264 g/mol. The van der Waals surface area contributed by atoms with Gasteiger partial charge in [-0.25, -0.2) is 4.39 Å². The Morgan fingerprint density at radius 1 is 1.42 bits per heavy atom. The molecule has 1 aliphatic rings. The van der Waals surface area contributed by atoms with Gasteiger partial charge in [-0.2, -0.15) is 0 Å². The van der Waals surface area contributed by atoms with Crippen LogP contribution < -0.4 is 10.6 Å². The Bertz CT molecular complexity index is 442. The quantitative estimate of drug-likeness (QED) is 0.880. The molecule has 1 aliphatic heterocycles. The van der Waals surface area contributed by atoms with Crippen molar-refractivity contribution >= 4 is 5.91 Å². The molecule has 0 saturated carbocycles. The Kier molecular flexibility index (Phi) is 4.53. The molecule has 1 fully saturated rings. The highest BCUT2D eigenvalue weighted by Gasteiger charge is 2.25. The predicted molar refractivity (Wildman–Crippen MR) is 73.1 cm³/mol. The van der Waals surface area contributed by atoms with Gasteiger partial charge in [0.1, 0.15) is 5.82 Å². The van der Waals surface area contributed by atoms with E-state index in [0.29, 0.717) is 18.2 Å². The first kappa shape index (κ1) is 14.0. The molecule has 3 atom stereocenters. The minimum atomic E-state index is -0.298. The average Bonchev–Trinajstić information content (AvgIpc) is 2.39. The number of hydrogen-bond donors (Lipinski definition) is 2. The Morgan fingerprint density at radius 3 is 2.79 bits per heavy atom. The van der Waals surface area contributed by atoms with Gasteiger partial charge in [0, 0.05) is 18.2 Å². The maximum Gasteiger partial charge on any atom is 0.224 e. The van der Waals surface area contributed by atoms with Crippen molar-refractivity contribution < 1.29 is 9.18 Å². The van der Waals surface area contributed by atoms with Crippen molar-refractivity contribution in [2.24, 2.45) is 5.92 Å². The summed E-state index contributed by atoms with van der Waals surface area (Å²) in [6.45, 7) is 4.64. The van der Waals surface area contributed by atoms with E-state index in [4.69, 9.17) is 0 Å². The Balaban J connectivity index is 1.94. The molecule has 1 saturated heterocycles. The number of nitrogens with one attached hydrogen (secondary N) is 2. The molecule has 0 spiro atoms. The maximum atomic E-state index is 13.6. The minimum Gasteiger partial charge on any atom is -0.349 e. The first-order chi connectivity index (χ1) is 9.08. The van der Waals surface area contributed by atoms with E-state index in [1.54, 1.807) is 18.2 Å². The molecule has 3 unspecified atom stereocenters. The van der Waals surface area contributed by atoms with Crippen LogP contribution in [0.5, 0.6) is 0 Å². The molecule has 0 radical (unpaired) electrons. The molecule has 1 aromatic rings. The maximum absolute atomic E-state index is 13.6. The first-order valence-electron chi connectivity index (χ1n) is 6.86. The van der Waals surface area contributed by atoms with Gasteiger partial charge >= 0.3 is 0 Å². The summed E-state index contributed by atoms with van der Waals surface area (Å²) in [7, 11) is 0. The molecule has 104 valence electrons. The zero-order valence-corrected chi connectivity index (χ0v) is 11.4. The van der Waals surface area contributed by atoms with Gasteiger partial charge in [0.25, 0.3) is 0 Å². The van der Waals surface area contributed by atoms with E-state index in [9.17, 15) is 9.18 Å². The topological polar surface area (TPSA) is 41.1 Å². The van der Waals surface area contributed by atoms with Crippen LogP contribution >= 0.6 is 0 Å². The van der Waals surface area contributed by atoms with Crippen molar-refractivity contribution in [3.8, 4) is 0 Å². The van der Waals surface area contributed by atoms with Gasteiger partial charge < -0.3 is 10.6 Å². The summed E-state index contributed by atoms with van der Waals surface area (Å²) < 4.78 is 13.6. The van der Waals surface area contributed by atoms with Crippen LogP contribution in [-0.4, -0.2) is 18.5 Å². The number of halogens is 1. The summed E-state index contributed by atoms with van der Waals surface area (Å²) in [6.07, 6.45) is 1.90. The van der Waals surface area contributed by atoms with Crippen molar-refractivity contribution in [3.05, 3.63) is 35.6 Å². The molecule has 1 aromatic carbocycles. The number of carbonyl (C=O) groups is 1. The van der Waals surface area contributed by atoms with Gasteiger partial charge in [0.15, 0.2) is 0 Å². The molecular formula is C15H21FN2O. The normalized spacial score (nSPS) is 24.8. The zero-order valence-electron chi connectivity index (χ0n) is 11.4. The molecule has 2 N–H and O–H groups in total. The van der Waals surface area contributed by atoms with Crippen LogP contribution in [0.15, 0.2) is 24.3 Å². The summed E-state index contributed by atoms with van der Waals surface area (Å²) in [5.41, 5.74) is 0.535. The Morgan fingerprint density at radius 2 is 2.16 bits per heavy atom. The van der Waals surface area contributed by atoms with E-state index in [-0.39, 0.29) is 23.7 Å². The fraction of sp³-hybridized carbons (Fsp3) is 0.533. The van der Waals surface area contributed by atoms with Gasteiger partial charge in [-0.05, 0) is 32.8 Å². The lowest BCUT2D eigenvalue weighted by Crippen LogP contribution is -2.44. The van der Waals surface area contributed by atoms with Crippen LogP contribution in [0, 0.1) is 11.7 Å². The number of benzene rings is 1. The fourth-order valence-corrected chi connectivity index (χ4v) is 2.46. The standard InChI is InChI=1S/C15H21FN2O/c1-10-7-8-12(9-17-10)15(19)18-11(2)13-5-3-4-6-14(13)16/h3-6,10-12,17H,7-9H2,1-2H3,(H,18,19). The minimum absolute atomic E-state index is 0.00887. The van der Waals surface area contributed by atoms with E-state index in [2.05, 4.69) is 17.6 Å². The lowest BCUT2D eigenvalue weighted by molar-refractivity contribution is -0.126. The number of carbonyl (C=O) groups excluding carboxylic acids is 1.